The number of nitrogens with one attached hydrogen (secondary N) is 1. The van der Waals surface area contributed by atoms with Crippen molar-refractivity contribution in [1.82, 2.24) is 15.2 Å². The zero-order valence-electron chi connectivity index (χ0n) is 17.0. The Morgan fingerprint density at radius 1 is 1.04 bits per heavy atom. The number of carbonyl (C=O) groups excluding carboxylic acids is 1. The van der Waals surface area contributed by atoms with Gasteiger partial charge in [0.25, 0.3) is 5.91 Å². The Morgan fingerprint density at radius 2 is 1.70 bits per heavy atom. The molecule has 0 atom stereocenters. The smallest absolute Gasteiger partial charge is 0.251 e. The highest BCUT2D eigenvalue weighted by Crippen LogP contribution is 2.16. The fourth-order valence-electron chi connectivity index (χ4n) is 3.32. The summed E-state index contributed by atoms with van der Waals surface area (Å²) >= 11 is 0. The third kappa shape index (κ3) is 8.08. The summed E-state index contributed by atoms with van der Waals surface area (Å²) in [5.41, 5.74) is 1.46. The third-order valence-electron chi connectivity index (χ3n) is 4.76. The standard InChI is InChI=1S/C21H35N5O/c1-3-14-25(15-4-2)16-6-5-13-22-21(27)19-9-11-20(12-10-19)23-24-26-17-7-8-18-26/h9-12H,3-8,13-18H2,1-2H3,(H,22,27). The van der Waals surface area contributed by atoms with Gasteiger partial charge < -0.3 is 10.2 Å². The van der Waals surface area contributed by atoms with Gasteiger partial charge in [0, 0.05) is 25.2 Å². The predicted octanol–water partition coefficient (Wildman–Crippen LogP) is 4.41. The molecule has 6 heteroatoms. The molecule has 0 spiro atoms. The van der Waals surface area contributed by atoms with Gasteiger partial charge in [-0.3, -0.25) is 9.80 Å². The van der Waals surface area contributed by atoms with Crippen LogP contribution in [-0.2, 0) is 0 Å². The second-order valence-corrected chi connectivity index (χ2v) is 7.20. The average Bonchev–Trinajstić information content (AvgIpc) is 3.20. The predicted molar refractivity (Wildman–Crippen MR) is 110 cm³/mol. The van der Waals surface area contributed by atoms with E-state index in [0.29, 0.717) is 5.56 Å². The molecule has 1 aliphatic heterocycles. The summed E-state index contributed by atoms with van der Waals surface area (Å²) in [5, 5.41) is 13.5. The molecule has 2 rings (SSSR count). The maximum absolute atomic E-state index is 12.2. The summed E-state index contributed by atoms with van der Waals surface area (Å²) < 4.78 is 0. The van der Waals surface area contributed by atoms with Crippen molar-refractivity contribution in [3.8, 4) is 0 Å². The molecule has 1 aromatic rings. The SMILES string of the molecule is CCCN(CCC)CCCCNC(=O)c1ccc(N=NN2CCCC2)cc1. The van der Waals surface area contributed by atoms with Gasteiger partial charge in [0.05, 0.1) is 5.69 Å². The van der Waals surface area contributed by atoms with Crippen molar-refractivity contribution in [3.63, 3.8) is 0 Å². The molecule has 1 N–H and O–H groups in total. The molecular weight excluding hydrogens is 338 g/mol. The molecule has 0 saturated carbocycles. The first-order chi connectivity index (χ1) is 13.2. The van der Waals surface area contributed by atoms with Gasteiger partial charge in [-0.15, -0.1) is 5.11 Å². The first kappa shape index (κ1) is 21.4. The highest BCUT2D eigenvalue weighted by Gasteiger charge is 2.09. The fraction of sp³-hybridized carbons (Fsp3) is 0.667. The van der Waals surface area contributed by atoms with Crippen LogP contribution >= 0.6 is 0 Å². The molecule has 27 heavy (non-hydrogen) atoms. The Hall–Kier alpha value is -1.95. The lowest BCUT2D eigenvalue weighted by Gasteiger charge is -2.20. The molecule has 6 nitrogen and oxygen atoms in total. The van der Waals surface area contributed by atoms with Crippen LogP contribution in [0, 0.1) is 0 Å². The quantitative estimate of drug-likeness (QED) is 0.436. The van der Waals surface area contributed by atoms with Crippen LogP contribution in [0.4, 0.5) is 5.69 Å². The maximum atomic E-state index is 12.2. The van der Waals surface area contributed by atoms with Gasteiger partial charge >= 0.3 is 0 Å². The number of hydrogen-bond acceptors (Lipinski definition) is 4. The van der Waals surface area contributed by atoms with Crippen LogP contribution in [0.2, 0.25) is 0 Å². The Balaban J connectivity index is 1.66. The van der Waals surface area contributed by atoms with Crippen molar-refractivity contribution in [3.05, 3.63) is 29.8 Å². The van der Waals surface area contributed by atoms with Crippen LogP contribution in [0.5, 0.6) is 0 Å². The van der Waals surface area contributed by atoms with Crippen LogP contribution in [0.3, 0.4) is 0 Å². The zero-order valence-corrected chi connectivity index (χ0v) is 17.0. The monoisotopic (exact) mass is 373 g/mol. The molecule has 0 radical (unpaired) electrons. The van der Waals surface area contributed by atoms with E-state index in [1.165, 1.54) is 38.8 Å². The number of benzene rings is 1. The summed E-state index contributed by atoms with van der Waals surface area (Å²) in [6, 6.07) is 7.33. The normalized spacial score (nSPS) is 14.4. The molecule has 0 aromatic heterocycles. The largest absolute Gasteiger partial charge is 0.352 e. The maximum Gasteiger partial charge on any atom is 0.251 e. The summed E-state index contributed by atoms with van der Waals surface area (Å²) in [6.45, 7) is 10.6. The lowest BCUT2D eigenvalue weighted by atomic mass is 10.2. The number of rotatable bonds is 12. The fourth-order valence-corrected chi connectivity index (χ4v) is 3.32. The highest BCUT2D eigenvalue weighted by atomic mass is 16.1. The van der Waals surface area contributed by atoms with Gasteiger partial charge in [0.1, 0.15) is 0 Å². The van der Waals surface area contributed by atoms with E-state index in [1.807, 2.05) is 29.3 Å². The van der Waals surface area contributed by atoms with Gasteiger partial charge in [0.15, 0.2) is 0 Å². The van der Waals surface area contributed by atoms with Crippen molar-refractivity contribution in [2.75, 3.05) is 39.3 Å². The number of hydrogen-bond donors (Lipinski definition) is 1. The van der Waals surface area contributed by atoms with Crippen molar-refractivity contribution in [1.29, 1.82) is 0 Å². The van der Waals surface area contributed by atoms with E-state index in [-0.39, 0.29) is 5.91 Å². The summed E-state index contributed by atoms with van der Waals surface area (Å²) in [6.07, 6.45) is 6.91. The number of nitrogens with zero attached hydrogens (tertiary/aromatic N) is 4. The Kier molecular flexibility index (Phi) is 9.84. The van der Waals surface area contributed by atoms with Gasteiger partial charge in [0.2, 0.25) is 0 Å². The first-order valence-electron chi connectivity index (χ1n) is 10.5. The topological polar surface area (TPSA) is 60.3 Å². The Morgan fingerprint density at radius 3 is 2.33 bits per heavy atom. The number of amides is 1. The minimum absolute atomic E-state index is 0.0167. The van der Waals surface area contributed by atoms with E-state index < -0.39 is 0 Å². The highest BCUT2D eigenvalue weighted by molar-refractivity contribution is 5.94. The molecule has 1 aliphatic rings. The third-order valence-corrected chi connectivity index (χ3v) is 4.76. The summed E-state index contributed by atoms with van der Waals surface area (Å²) in [7, 11) is 0. The van der Waals surface area contributed by atoms with Crippen molar-refractivity contribution in [2.45, 2.75) is 52.4 Å². The van der Waals surface area contributed by atoms with E-state index in [1.54, 1.807) is 0 Å². The van der Waals surface area contributed by atoms with E-state index >= 15 is 0 Å². The van der Waals surface area contributed by atoms with Crippen LogP contribution in [-0.4, -0.2) is 55.1 Å². The van der Waals surface area contributed by atoms with Crippen molar-refractivity contribution in [2.24, 2.45) is 10.3 Å². The second kappa shape index (κ2) is 12.4. The van der Waals surface area contributed by atoms with Gasteiger partial charge in [-0.1, -0.05) is 19.1 Å². The minimum atomic E-state index is -0.0167. The zero-order chi connectivity index (χ0) is 19.3. The Labute approximate surface area is 164 Å². The van der Waals surface area contributed by atoms with Crippen molar-refractivity contribution >= 4 is 11.6 Å². The molecular formula is C21H35N5O. The van der Waals surface area contributed by atoms with Crippen LogP contribution in [0.25, 0.3) is 0 Å². The molecule has 1 fully saturated rings. The molecule has 150 valence electrons. The molecule has 0 unspecified atom stereocenters. The first-order valence-corrected chi connectivity index (χ1v) is 10.5. The number of carbonyl (C=O) groups is 1. The average molecular weight is 374 g/mol. The Bertz CT molecular complexity index is 560. The summed E-state index contributed by atoms with van der Waals surface area (Å²) in [4.78, 5) is 14.8. The minimum Gasteiger partial charge on any atom is -0.352 e. The lowest BCUT2D eigenvalue weighted by molar-refractivity contribution is 0.0952. The van der Waals surface area contributed by atoms with E-state index in [2.05, 4.69) is 34.4 Å². The molecule has 1 amide bonds. The molecule has 0 aliphatic carbocycles. The molecule has 1 heterocycles. The summed E-state index contributed by atoms with van der Waals surface area (Å²) in [5.74, 6) is -0.0167. The van der Waals surface area contributed by atoms with E-state index in [4.69, 9.17) is 0 Å². The van der Waals surface area contributed by atoms with Gasteiger partial charge in [-0.05, 0) is 82.4 Å². The lowest BCUT2D eigenvalue weighted by Crippen LogP contribution is -2.28. The molecule has 0 bridgehead atoms. The number of unbranched alkanes of at least 4 members (excludes halogenated alkanes) is 1. The van der Waals surface area contributed by atoms with Crippen LogP contribution in [0.1, 0.15) is 62.7 Å². The van der Waals surface area contributed by atoms with Gasteiger partial charge in [-0.25, -0.2) is 0 Å². The molecule has 1 aromatic carbocycles. The van der Waals surface area contributed by atoms with E-state index in [0.717, 1.165) is 44.7 Å². The second-order valence-electron chi connectivity index (χ2n) is 7.20. The van der Waals surface area contributed by atoms with E-state index in [9.17, 15) is 4.79 Å². The van der Waals surface area contributed by atoms with Crippen LogP contribution < -0.4 is 5.32 Å². The van der Waals surface area contributed by atoms with Gasteiger partial charge in [-0.2, -0.15) is 0 Å². The van der Waals surface area contributed by atoms with Crippen LogP contribution in [0.15, 0.2) is 34.6 Å². The molecule has 1 saturated heterocycles. The van der Waals surface area contributed by atoms with Crippen molar-refractivity contribution < 1.29 is 4.79 Å².